The molecule has 0 bridgehead atoms. The SMILES string of the molecule is COc1ccc(C(=O)NCC(=O)OCc2nc(-c3ccc(OC)c(OC)c3)no2)cc1. The van der Waals surface area contributed by atoms with Gasteiger partial charge in [-0.2, -0.15) is 4.98 Å². The van der Waals surface area contributed by atoms with Crippen LogP contribution in [0, 0.1) is 0 Å². The molecule has 3 aromatic rings. The Morgan fingerprint density at radius 3 is 2.39 bits per heavy atom. The lowest BCUT2D eigenvalue weighted by molar-refractivity contribution is -0.144. The molecule has 0 aliphatic rings. The van der Waals surface area contributed by atoms with Gasteiger partial charge in [-0.3, -0.25) is 9.59 Å². The van der Waals surface area contributed by atoms with Crippen molar-refractivity contribution in [2.75, 3.05) is 27.9 Å². The number of rotatable bonds is 9. The number of methoxy groups -OCH3 is 3. The van der Waals surface area contributed by atoms with Crippen molar-refractivity contribution in [3.63, 3.8) is 0 Å². The largest absolute Gasteiger partial charge is 0.497 e. The fourth-order valence-electron chi connectivity index (χ4n) is 2.60. The minimum atomic E-state index is -0.646. The van der Waals surface area contributed by atoms with Crippen LogP contribution in [0.4, 0.5) is 0 Å². The van der Waals surface area contributed by atoms with E-state index in [9.17, 15) is 9.59 Å². The highest BCUT2D eigenvalue weighted by molar-refractivity contribution is 5.96. The lowest BCUT2D eigenvalue weighted by atomic mass is 10.2. The second kappa shape index (κ2) is 10.1. The predicted molar refractivity (Wildman–Crippen MR) is 108 cm³/mol. The van der Waals surface area contributed by atoms with Crippen LogP contribution in [0.5, 0.6) is 17.2 Å². The molecule has 10 nitrogen and oxygen atoms in total. The normalized spacial score (nSPS) is 10.3. The summed E-state index contributed by atoms with van der Waals surface area (Å²) < 4.78 is 25.7. The Kier molecular flexibility index (Phi) is 7.05. The first kappa shape index (κ1) is 21.6. The number of hydrogen-bond donors (Lipinski definition) is 1. The van der Waals surface area contributed by atoms with Gasteiger partial charge < -0.3 is 28.8 Å². The second-order valence-corrected chi connectivity index (χ2v) is 6.15. The molecule has 1 aromatic heterocycles. The molecule has 0 radical (unpaired) electrons. The summed E-state index contributed by atoms with van der Waals surface area (Å²) in [6.45, 7) is -0.529. The maximum absolute atomic E-state index is 12.1. The number of benzene rings is 2. The van der Waals surface area contributed by atoms with E-state index in [1.54, 1.807) is 42.5 Å². The molecule has 0 aliphatic carbocycles. The minimum Gasteiger partial charge on any atom is -0.497 e. The van der Waals surface area contributed by atoms with Crippen molar-refractivity contribution in [1.29, 1.82) is 0 Å². The van der Waals surface area contributed by atoms with Crippen LogP contribution in [-0.4, -0.2) is 49.9 Å². The van der Waals surface area contributed by atoms with Crippen molar-refractivity contribution in [2.24, 2.45) is 0 Å². The molecule has 0 spiro atoms. The van der Waals surface area contributed by atoms with E-state index in [0.29, 0.717) is 34.2 Å². The Labute approximate surface area is 178 Å². The quantitative estimate of drug-likeness (QED) is 0.512. The third-order valence-electron chi connectivity index (χ3n) is 4.21. The second-order valence-electron chi connectivity index (χ2n) is 6.15. The molecular weight excluding hydrogens is 406 g/mol. The Morgan fingerprint density at radius 1 is 0.968 bits per heavy atom. The summed E-state index contributed by atoms with van der Waals surface area (Å²) in [6, 6.07) is 11.7. The zero-order chi connectivity index (χ0) is 22.2. The van der Waals surface area contributed by atoms with Crippen molar-refractivity contribution in [1.82, 2.24) is 15.5 Å². The van der Waals surface area contributed by atoms with Crippen LogP contribution in [0.25, 0.3) is 11.4 Å². The number of nitrogens with zero attached hydrogens (tertiary/aromatic N) is 2. The molecule has 0 atom stereocenters. The fraction of sp³-hybridized carbons (Fsp3) is 0.238. The summed E-state index contributed by atoms with van der Waals surface area (Å²) in [6.07, 6.45) is 0. The van der Waals surface area contributed by atoms with Crippen LogP contribution in [0.1, 0.15) is 16.2 Å². The molecule has 31 heavy (non-hydrogen) atoms. The highest BCUT2D eigenvalue weighted by Gasteiger charge is 2.14. The maximum Gasteiger partial charge on any atom is 0.325 e. The molecule has 3 rings (SSSR count). The molecule has 0 unspecified atom stereocenters. The highest BCUT2D eigenvalue weighted by atomic mass is 16.6. The van der Waals surface area contributed by atoms with E-state index in [2.05, 4.69) is 15.5 Å². The lowest BCUT2D eigenvalue weighted by Gasteiger charge is -2.07. The summed E-state index contributed by atoms with van der Waals surface area (Å²) in [5.41, 5.74) is 1.04. The molecule has 10 heteroatoms. The van der Waals surface area contributed by atoms with E-state index >= 15 is 0 Å². The Bertz CT molecular complexity index is 1050. The van der Waals surface area contributed by atoms with Crippen molar-refractivity contribution in [2.45, 2.75) is 6.61 Å². The lowest BCUT2D eigenvalue weighted by Crippen LogP contribution is -2.30. The predicted octanol–water partition coefficient (Wildman–Crippen LogP) is 2.24. The number of nitrogens with one attached hydrogen (secondary N) is 1. The Balaban J connectivity index is 1.51. The molecule has 0 saturated heterocycles. The van der Waals surface area contributed by atoms with Gasteiger partial charge in [-0.05, 0) is 42.5 Å². The summed E-state index contributed by atoms with van der Waals surface area (Å²) in [7, 11) is 4.60. The summed E-state index contributed by atoms with van der Waals surface area (Å²) in [4.78, 5) is 28.2. The van der Waals surface area contributed by atoms with Gasteiger partial charge in [0, 0.05) is 11.1 Å². The van der Waals surface area contributed by atoms with E-state index in [1.165, 1.54) is 21.3 Å². The van der Waals surface area contributed by atoms with Crippen LogP contribution < -0.4 is 19.5 Å². The molecule has 0 saturated carbocycles. The van der Waals surface area contributed by atoms with Gasteiger partial charge in [-0.1, -0.05) is 5.16 Å². The average molecular weight is 427 g/mol. The number of hydrogen-bond acceptors (Lipinski definition) is 9. The van der Waals surface area contributed by atoms with Crippen molar-refractivity contribution in [3.8, 4) is 28.6 Å². The van der Waals surface area contributed by atoms with Crippen molar-refractivity contribution >= 4 is 11.9 Å². The number of esters is 1. The molecule has 162 valence electrons. The van der Waals surface area contributed by atoms with Gasteiger partial charge in [0.1, 0.15) is 12.3 Å². The van der Waals surface area contributed by atoms with Gasteiger partial charge >= 0.3 is 5.97 Å². The van der Waals surface area contributed by atoms with Gasteiger partial charge in [-0.25, -0.2) is 0 Å². The number of amides is 1. The summed E-state index contributed by atoms with van der Waals surface area (Å²) >= 11 is 0. The van der Waals surface area contributed by atoms with Crippen LogP contribution in [0.2, 0.25) is 0 Å². The minimum absolute atomic E-state index is 0.111. The number of ether oxygens (including phenoxy) is 4. The van der Waals surface area contributed by atoms with Crippen LogP contribution in [0.3, 0.4) is 0 Å². The van der Waals surface area contributed by atoms with Crippen molar-refractivity contribution < 1.29 is 33.1 Å². The molecule has 1 N–H and O–H groups in total. The Hall–Kier alpha value is -4.08. The van der Waals surface area contributed by atoms with Crippen molar-refractivity contribution in [3.05, 3.63) is 53.9 Å². The molecule has 0 aliphatic heterocycles. The highest BCUT2D eigenvalue weighted by Crippen LogP contribution is 2.31. The zero-order valence-corrected chi connectivity index (χ0v) is 17.2. The first-order valence-corrected chi connectivity index (χ1v) is 9.17. The molecule has 0 fully saturated rings. The molecular formula is C21H21N3O7. The smallest absolute Gasteiger partial charge is 0.325 e. The Morgan fingerprint density at radius 2 is 1.71 bits per heavy atom. The number of aromatic nitrogens is 2. The first-order valence-electron chi connectivity index (χ1n) is 9.17. The third kappa shape index (κ3) is 5.50. The maximum atomic E-state index is 12.1. The summed E-state index contributed by atoms with van der Waals surface area (Å²) in [5, 5.41) is 6.35. The van der Waals surface area contributed by atoms with Gasteiger partial charge in [0.15, 0.2) is 18.1 Å². The zero-order valence-electron chi connectivity index (χ0n) is 17.2. The fourth-order valence-corrected chi connectivity index (χ4v) is 2.60. The summed E-state index contributed by atoms with van der Waals surface area (Å²) in [5.74, 6) is 1.08. The molecule has 1 heterocycles. The average Bonchev–Trinajstić information content (AvgIpc) is 3.29. The number of carbonyl (C=O) groups excluding carboxylic acids is 2. The number of carbonyl (C=O) groups is 2. The molecule has 2 aromatic carbocycles. The van der Waals surface area contributed by atoms with Gasteiger partial charge in [0.25, 0.3) is 11.8 Å². The standard InChI is InChI=1S/C21H21N3O7/c1-27-15-7-4-13(5-8-15)21(26)22-11-19(25)30-12-18-23-20(24-31-18)14-6-9-16(28-2)17(10-14)29-3/h4-10H,11-12H2,1-3H3,(H,22,26). The van der Waals surface area contributed by atoms with Gasteiger partial charge in [-0.15, -0.1) is 0 Å². The topological polar surface area (TPSA) is 122 Å². The monoisotopic (exact) mass is 427 g/mol. The first-order chi connectivity index (χ1) is 15.0. The van der Waals surface area contributed by atoms with E-state index in [1.807, 2.05) is 0 Å². The molecule has 1 amide bonds. The van der Waals surface area contributed by atoms with Crippen LogP contribution in [0.15, 0.2) is 47.0 Å². The van der Waals surface area contributed by atoms with E-state index in [0.717, 1.165) is 0 Å². The van der Waals surface area contributed by atoms with Crippen LogP contribution in [-0.2, 0) is 16.1 Å². The van der Waals surface area contributed by atoms with Gasteiger partial charge in [0.2, 0.25) is 5.82 Å². The van der Waals surface area contributed by atoms with E-state index in [4.69, 9.17) is 23.5 Å². The van der Waals surface area contributed by atoms with E-state index < -0.39 is 11.9 Å². The third-order valence-corrected chi connectivity index (χ3v) is 4.21. The van der Waals surface area contributed by atoms with Crippen LogP contribution >= 0.6 is 0 Å². The van der Waals surface area contributed by atoms with E-state index in [-0.39, 0.29) is 19.0 Å². The van der Waals surface area contributed by atoms with Gasteiger partial charge in [0.05, 0.1) is 21.3 Å².